The highest BCUT2D eigenvalue weighted by molar-refractivity contribution is 7.22. The van der Waals surface area contributed by atoms with Crippen molar-refractivity contribution in [1.82, 2.24) is 0 Å². The molecule has 0 nitrogen and oxygen atoms in total. The van der Waals surface area contributed by atoms with Crippen molar-refractivity contribution in [2.24, 2.45) is 0 Å². The zero-order valence-electron chi connectivity index (χ0n) is 30.0. The third-order valence-corrected chi connectivity index (χ3v) is 16.2. The van der Waals surface area contributed by atoms with Crippen LogP contribution in [0, 0.1) is 0 Å². The molecule has 6 aromatic rings. The predicted octanol–water partition coefficient (Wildman–Crippen LogP) is 12.0. The molecule has 0 atom stereocenters. The molecule has 0 radical (unpaired) electrons. The Kier molecular flexibility index (Phi) is 9.01. The standard InChI is InChI=1S/C52H42Si/c1-7-19-39(20-8-1)41-31-35-45(36-32-41)51-49(43-23-11-3-12-24-43)50(44-25-13-4-14-26-44)52(46-37-33-42(34-38-46)40-21-9-2-10-22-40)53(51,47-27-15-5-16-28-47)48-29-17-6-18-30-48/h1-3,5-13,15-33,35-37H,4,14,34,38H2/q-1. The molecule has 2 aliphatic carbocycles. The average Bonchev–Trinajstić information content (AvgIpc) is 3.58. The topological polar surface area (TPSA) is 0 Å². The average molecular weight is 695 g/mol. The van der Waals surface area contributed by atoms with Gasteiger partial charge in [-0.05, 0) is 78.3 Å². The van der Waals surface area contributed by atoms with Crippen LogP contribution < -0.4 is 10.4 Å². The molecule has 0 fully saturated rings. The molecule has 0 N–H and O–H groups in total. The summed E-state index contributed by atoms with van der Waals surface area (Å²) in [5, 5.41) is 5.86. The van der Waals surface area contributed by atoms with Crippen LogP contribution in [0.3, 0.4) is 0 Å². The highest BCUT2D eigenvalue weighted by Gasteiger charge is 2.43. The van der Waals surface area contributed by atoms with E-state index >= 15 is 0 Å². The van der Waals surface area contributed by atoms with Gasteiger partial charge in [0.2, 0.25) is 0 Å². The lowest BCUT2D eigenvalue weighted by Gasteiger charge is -2.49. The maximum atomic E-state index is 2.50. The Morgan fingerprint density at radius 2 is 0.830 bits per heavy atom. The van der Waals surface area contributed by atoms with Gasteiger partial charge >= 0.3 is 0 Å². The van der Waals surface area contributed by atoms with E-state index < -0.39 is 8.07 Å². The van der Waals surface area contributed by atoms with E-state index in [2.05, 4.69) is 206 Å². The monoisotopic (exact) mass is 694 g/mol. The molecule has 0 aromatic heterocycles. The number of hydrogen-bond donors (Lipinski definition) is 0. The van der Waals surface area contributed by atoms with E-state index in [0.717, 1.165) is 25.7 Å². The first-order valence-corrected chi connectivity index (χ1v) is 21.0. The second-order valence-corrected chi connectivity index (χ2v) is 17.8. The summed E-state index contributed by atoms with van der Waals surface area (Å²) in [6.07, 6.45) is 16.3. The summed E-state index contributed by atoms with van der Waals surface area (Å²) in [5.41, 5.74) is 13.4. The minimum Gasteiger partial charge on any atom is -0.171 e. The predicted molar refractivity (Wildman–Crippen MR) is 228 cm³/mol. The second kappa shape index (κ2) is 14.5. The van der Waals surface area contributed by atoms with Gasteiger partial charge in [-0.1, -0.05) is 217 Å². The molecule has 3 aliphatic rings. The van der Waals surface area contributed by atoms with Crippen molar-refractivity contribution in [1.29, 1.82) is 0 Å². The molecule has 1 heteroatoms. The summed E-state index contributed by atoms with van der Waals surface area (Å²) in [6, 6.07) is 65.4. The van der Waals surface area contributed by atoms with Crippen molar-refractivity contribution < 1.29 is 0 Å². The second-order valence-electron chi connectivity index (χ2n) is 14.2. The minimum atomic E-state index is -2.98. The number of benzene rings is 6. The molecule has 0 unspecified atom stereocenters. The van der Waals surface area contributed by atoms with Crippen molar-refractivity contribution in [2.75, 3.05) is 0 Å². The molecule has 9 rings (SSSR count). The van der Waals surface area contributed by atoms with E-state index in [1.165, 1.54) is 76.4 Å². The van der Waals surface area contributed by atoms with Crippen LogP contribution in [0.2, 0.25) is 0 Å². The van der Waals surface area contributed by atoms with Crippen molar-refractivity contribution in [3.05, 3.63) is 245 Å². The molecule has 0 amide bonds. The van der Waals surface area contributed by atoms with E-state index in [1.54, 1.807) is 0 Å². The van der Waals surface area contributed by atoms with E-state index in [9.17, 15) is 0 Å². The molecule has 0 bridgehead atoms. The van der Waals surface area contributed by atoms with Crippen LogP contribution in [0.5, 0.6) is 0 Å². The van der Waals surface area contributed by atoms with Gasteiger partial charge in [0, 0.05) is 0 Å². The Labute approximate surface area is 315 Å². The molecule has 0 spiro atoms. The fraction of sp³-hybridized carbons (Fsp3) is 0.0769. The normalized spacial score (nSPS) is 16.6. The lowest BCUT2D eigenvalue weighted by molar-refractivity contribution is 0.994. The van der Waals surface area contributed by atoms with Crippen LogP contribution in [-0.2, 0) is 0 Å². The van der Waals surface area contributed by atoms with Gasteiger partial charge in [0.25, 0.3) is 0 Å². The SMILES string of the molecule is C1=CC(C2=C(C3=CC=C(c4ccccc4)CC3)[Si-](c3ccccc3)(c3ccccc3)C(c3ccc(-c4ccccc4)cc3)=C2c2ccccc2)=CCC1. The van der Waals surface area contributed by atoms with Gasteiger partial charge < -0.3 is 0 Å². The zero-order chi connectivity index (χ0) is 35.5. The van der Waals surface area contributed by atoms with Gasteiger partial charge in [-0.15, -0.1) is 0 Å². The van der Waals surface area contributed by atoms with E-state index in [1.807, 2.05) is 0 Å². The number of allylic oxidation sites excluding steroid dienone is 11. The third kappa shape index (κ3) is 5.98. The number of rotatable bonds is 8. The highest BCUT2D eigenvalue weighted by atomic mass is 28.3. The molecule has 1 heterocycles. The zero-order valence-corrected chi connectivity index (χ0v) is 31.0. The van der Waals surface area contributed by atoms with Crippen molar-refractivity contribution in [3.63, 3.8) is 0 Å². The first kappa shape index (κ1) is 32.9. The van der Waals surface area contributed by atoms with Gasteiger partial charge in [0.05, 0.1) is 0 Å². The Balaban J connectivity index is 1.41. The van der Waals surface area contributed by atoms with Crippen LogP contribution >= 0.6 is 0 Å². The van der Waals surface area contributed by atoms with E-state index in [0.29, 0.717) is 0 Å². The van der Waals surface area contributed by atoms with Gasteiger partial charge in [-0.2, -0.15) is 20.8 Å². The lowest BCUT2D eigenvalue weighted by Crippen LogP contribution is -2.60. The summed E-state index contributed by atoms with van der Waals surface area (Å²) in [5.74, 6) is 0. The molecule has 0 saturated carbocycles. The Morgan fingerprint density at radius 1 is 0.358 bits per heavy atom. The maximum Gasteiger partial charge on any atom is -0.0184 e. The first-order chi connectivity index (χ1) is 26.3. The quantitative estimate of drug-likeness (QED) is 0.139. The van der Waals surface area contributed by atoms with Crippen molar-refractivity contribution >= 4 is 34.8 Å². The largest absolute Gasteiger partial charge is 0.171 e. The van der Waals surface area contributed by atoms with Gasteiger partial charge in [-0.3, -0.25) is 0 Å². The summed E-state index contributed by atoms with van der Waals surface area (Å²) >= 11 is 0. The van der Waals surface area contributed by atoms with Crippen LogP contribution in [0.4, 0.5) is 0 Å². The van der Waals surface area contributed by atoms with Crippen LogP contribution in [0.1, 0.15) is 42.4 Å². The third-order valence-electron chi connectivity index (χ3n) is 11.2. The Morgan fingerprint density at radius 3 is 1.36 bits per heavy atom. The molecule has 6 aromatic carbocycles. The Bertz CT molecular complexity index is 2390. The van der Waals surface area contributed by atoms with Crippen molar-refractivity contribution in [3.8, 4) is 11.1 Å². The molecule has 1 aliphatic heterocycles. The Hall–Kier alpha value is -6.02. The minimum absolute atomic E-state index is 0.993. The molecular weight excluding hydrogens is 653 g/mol. The van der Waals surface area contributed by atoms with E-state index in [-0.39, 0.29) is 0 Å². The first-order valence-electron chi connectivity index (χ1n) is 19.0. The van der Waals surface area contributed by atoms with Gasteiger partial charge in [0.1, 0.15) is 0 Å². The maximum absolute atomic E-state index is 2.98. The van der Waals surface area contributed by atoms with Crippen LogP contribution in [0.15, 0.2) is 228 Å². The summed E-state index contributed by atoms with van der Waals surface area (Å²) in [4.78, 5) is 0. The summed E-state index contributed by atoms with van der Waals surface area (Å²) in [6.45, 7) is 0. The molecule has 53 heavy (non-hydrogen) atoms. The fourth-order valence-electron chi connectivity index (χ4n) is 8.81. The van der Waals surface area contributed by atoms with E-state index in [4.69, 9.17) is 0 Å². The fourth-order valence-corrected chi connectivity index (χ4v) is 14.5. The molecule has 255 valence electrons. The lowest BCUT2D eigenvalue weighted by atomic mass is 9.85. The number of hydrogen-bond acceptors (Lipinski definition) is 0. The van der Waals surface area contributed by atoms with Crippen LogP contribution in [0.25, 0.3) is 27.5 Å². The summed E-state index contributed by atoms with van der Waals surface area (Å²) in [7, 11) is -2.98. The van der Waals surface area contributed by atoms with Crippen molar-refractivity contribution in [2.45, 2.75) is 25.7 Å². The highest BCUT2D eigenvalue weighted by Crippen LogP contribution is 2.54. The van der Waals surface area contributed by atoms with Gasteiger partial charge in [-0.25, -0.2) is 0 Å². The molecular formula is C52H42Si-. The smallest absolute Gasteiger partial charge is 0.0184 e. The molecule has 0 saturated heterocycles. The summed E-state index contributed by atoms with van der Waals surface area (Å²) < 4.78 is 0. The van der Waals surface area contributed by atoms with Crippen LogP contribution in [-0.4, -0.2) is 8.07 Å². The van der Waals surface area contributed by atoms with Gasteiger partial charge in [0.15, 0.2) is 0 Å².